The van der Waals surface area contributed by atoms with Crippen LogP contribution in [0.1, 0.15) is 32.1 Å². The molecule has 0 unspecified atom stereocenters. The molecule has 0 bridgehead atoms. The molecule has 0 spiro atoms. The molecule has 0 aromatic heterocycles. The van der Waals surface area contributed by atoms with Crippen LogP contribution in [0.4, 0.5) is 0 Å². The van der Waals surface area contributed by atoms with Gasteiger partial charge in [0, 0.05) is 31.8 Å². The summed E-state index contributed by atoms with van der Waals surface area (Å²) in [5, 5.41) is 0. The molecule has 2 heterocycles. The summed E-state index contributed by atoms with van der Waals surface area (Å²) in [5.41, 5.74) is 0.297. The maximum Gasteiger partial charge on any atom is 0.283 e. The summed E-state index contributed by atoms with van der Waals surface area (Å²) in [7, 11) is -6.22. The highest BCUT2D eigenvalue weighted by Crippen LogP contribution is 2.65. The van der Waals surface area contributed by atoms with Crippen molar-refractivity contribution < 1.29 is 17.9 Å². The highest BCUT2D eigenvalue weighted by molar-refractivity contribution is 7.94. The molecule has 0 radical (unpaired) electrons. The lowest BCUT2D eigenvalue weighted by molar-refractivity contribution is 0.0555. The van der Waals surface area contributed by atoms with Crippen molar-refractivity contribution in [3.8, 4) is 0 Å². The fourth-order valence-electron chi connectivity index (χ4n) is 4.73. The Labute approximate surface area is 174 Å². The maximum atomic E-state index is 13.5. The molecule has 4 rings (SSSR count). The molecule has 9 heteroatoms. The minimum Gasteiger partial charge on any atom is -0.379 e. The number of morpholine rings is 2. The molecule has 3 aliphatic rings. The number of nitrogens with zero attached hydrogens (tertiary/aromatic N) is 3. The van der Waals surface area contributed by atoms with E-state index in [9.17, 15) is 8.42 Å². The van der Waals surface area contributed by atoms with Crippen molar-refractivity contribution in [2.24, 2.45) is 4.15 Å². The van der Waals surface area contributed by atoms with Gasteiger partial charge in [0.25, 0.3) is 10.0 Å². The SMILES string of the molecule is O=S(=O)(N=P(C1CCCCC1)(N1CCOCC1)N1CCOCC1)c1ccccc1. The van der Waals surface area contributed by atoms with Crippen molar-refractivity contribution >= 4 is 17.4 Å². The molecule has 2 saturated heterocycles. The van der Waals surface area contributed by atoms with Gasteiger partial charge in [-0.25, -0.2) is 0 Å². The van der Waals surface area contributed by atoms with Crippen molar-refractivity contribution in [3.63, 3.8) is 0 Å². The van der Waals surface area contributed by atoms with Crippen LogP contribution in [0, 0.1) is 0 Å². The summed E-state index contributed by atoms with van der Waals surface area (Å²) in [6.45, 7) is 5.54. The van der Waals surface area contributed by atoms with Crippen molar-refractivity contribution in [2.75, 3.05) is 52.6 Å². The zero-order valence-electron chi connectivity index (χ0n) is 17.0. The molecule has 1 aromatic carbocycles. The summed E-state index contributed by atoms with van der Waals surface area (Å²) in [4.78, 5) is 0.293. The van der Waals surface area contributed by atoms with E-state index in [4.69, 9.17) is 13.6 Å². The summed E-state index contributed by atoms with van der Waals surface area (Å²) >= 11 is 0. The van der Waals surface area contributed by atoms with Gasteiger partial charge in [0.2, 0.25) is 0 Å². The smallest absolute Gasteiger partial charge is 0.283 e. The average molecular weight is 442 g/mol. The summed E-state index contributed by atoms with van der Waals surface area (Å²) in [6, 6.07) is 8.70. The standard InChI is InChI=1S/C20H32N3O4PS/c24-29(25,20-9-5-2-6-10-20)21-28(19-7-3-1-4-8-19,22-11-15-26-16-12-22)23-13-17-27-18-14-23/h2,5-6,9-10,19H,1,3-4,7-8,11-18H2. The molecule has 162 valence electrons. The molecular weight excluding hydrogens is 409 g/mol. The van der Waals surface area contributed by atoms with Gasteiger partial charge in [-0.3, -0.25) is 9.34 Å². The van der Waals surface area contributed by atoms with Gasteiger partial charge in [-0.1, -0.05) is 37.5 Å². The van der Waals surface area contributed by atoms with E-state index in [0.29, 0.717) is 37.0 Å². The Balaban J connectivity index is 1.87. The van der Waals surface area contributed by atoms with E-state index in [-0.39, 0.29) is 0 Å². The summed E-state index contributed by atoms with van der Waals surface area (Å²) < 4.78 is 48.0. The Hall–Kier alpha value is -0.760. The molecule has 1 aliphatic carbocycles. The Morgan fingerprint density at radius 3 is 1.86 bits per heavy atom. The van der Waals surface area contributed by atoms with Crippen LogP contribution in [-0.4, -0.2) is 76.0 Å². The minimum absolute atomic E-state index is 0.293. The van der Waals surface area contributed by atoms with Gasteiger partial charge >= 0.3 is 0 Å². The Kier molecular flexibility index (Phi) is 7.10. The summed E-state index contributed by atoms with van der Waals surface area (Å²) in [5.74, 6) is 0. The van der Waals surface area contributed by atoms with Gasteiger partial charge in [0.05, 0.1) is 31.3 Å². The van der Waals surface area contributed by atoms with E-state index in [1.165, 1.54) is 6.42 Å². The van der Waals surface area contributed by atoms with Crippen LogP contribution in [0.25, 0.3) is 0 Å². The van der Waals surface area contributed by atoms with Crippen molar-refractivity contribution in [2.45, 2.75) is 42.7 Å². The monoisotopic (exact) mass is 441 g/mol. The average Bonchev–Trinajstić information content (AvgIpc) is 2.80. The van der Waals surface area contributed by atoms with Gasteiger partial charge < -0.3 is 9.47 Å². The van der Waals surface area contributed by atoms with E-state index in [1.54, 1.807) is 24.3 Å². The lowest BCUT2D eigenvalue weighted by Crippen LogP contribution is -2.46. The first-order valence-corrected chi connectivity index (χ1v) is 13.9. The van der Waals surface area contributed by atoms with E-state index in [2.05, 4.69) is 9.34 Å². The fourth-order valence-corrected chi connectivity index (χ4v) is 12.1. The zero-order valence-corrected chi connectivity index (χ0v) is 18.7. The highest BCUT2D eigenvalue weighted by atomic mass is 32.2. The number of hydrogen-bond donors (Lipinski definition) is 0. The van der Waals surface area contributed by atoms with E-state index < -0.39 is 17.4 Å². The molecule has 3 fully saturated rings. The first-order chi connectivity index (χ1) is 14.1. The largest absolute Gasteiger partial charge is 0.379 e. The van der Waals surface area contributed by atoms with E-state index in [1.807, 2.05) is 6.07 Å². The topological polar surface area (TPSA) is 71.4 Å². The third-order valence-corrected chi connectivity index (χ3v) is 12.8. The quantitative estimate of drug-likeness (QED) is 0.653. The highest BCUT2D eigenvalue weighted by Gasteiger charge is 2.44. The third-order valence-electron chi connectivity index (χ3n) is 6.14. The van der Waals surface area contributed by atoms with Crippen LogP contribution in [0.15, 0.2) is 39.4 Å². The number of benzene rings is 1. The van der Waals surface area contributed by atoms with Crippen LogP contribution in [-0.2, 0) is 19.5 Å². The van der Waals surface area contributed by atoms with E-state index in [0.717, 1.165) is 51.9 Å². The molecule has 1 aromatic rings. The Morgan fingerprint density at radius 1 is 0.828 bits per heavy atom. The lowest BCUT2D eigenvalue weighted by atomic mass is 10.0. The Bertz CT molecular complexity index is 763. The van der Waals surface area contributed by atoms with Crippen LogP contribution in [0.2, 0.25) is 0 Å². The predicted octanol–water partition coefficient (Wildman–Crippen LogP) is 3.40. The van der Waals surface area contributed by atoms with Crippen molar-refractivity contribution in [1.29, 1.82) is 0 Å². The molecule has 1 saturated carbocycles. The van der Waals surface area contributed by atoms with Gasteiger partial charge in [0.15, 0.2) is 0 Å². The summed E-state index contributed by atoms with van der Waals surface area (Å²) in [6.07, 6.45) is 5.64. The number of sulfonamides is 1. The predicted molar refractivity (Wildman–Crippen MR) is 115 cm³/mol. The van der Waals surface area contributed by atoms with Gasteiger partial charge in [-0.15, -0.1) is 4.15 Å². The van der Waals surface area contributed by atoms with Crippen molar-refractivity contribution in [3.05, 3.63) is 30.3 Å². The van der Waals surface area contributed by atoms with Gasteiger partial charge in [0.1, 0.15) is 7.36 Å². The number of hydrogen-bond acceptors (Lipinski definition) is 4. The molecular formula is C20H32N3O4PS. The Morgan fingerprint density at radius 2 is 1.34 bits per heavy atom. The van der Waals surface area contributed by atoms with E-state index >= 15 is 0 Å². The van der Waals surface area contributed by atoms with Crippen LogP contribution in [0.3, 0.4) is 0 Å². The first kappa shape index (κ1) is 21.5. The van der Waals surface area contributed by atoms with Gasteiger partial charge in [-0.05, 0) is 25.0 Å². The van der Waals surface area contributed by atoms with Gasteiger partial charge in [-0.2, -0.15) is 8.42 Å². The zero-order chi connectivity index (χ0) is 20.2. The molecule has 7 nitrogen and oxygen atoms in total. The second kappa shape index (κ2) is 9.58. The van der Waals surface area contributed by atoms with Crippen LogP contribution < -0.4 is 0 Å². The second-order valence-electron chi connectivity index (χ2n) is 7.91. The number of ether oxygens (including phenoxy) is 2. The molecule has 2 aliphatic heterocycles. The second-order valence-corrected chi connectivity index (χ2v) is 13.1. The molecule has 0 amide bonds. The fraction of sp³-hybridized carbons (Fsp3) is 0.700. The van der Waals surface area contributed by atoms with Crippen LogP contribution in [0.5, 0.6) is 0 Å². The molecule has 29 heavy (non-hydrogen) atoms. The lowest BCUT2D eigenvalue weighted by Gasteiger charge is -2.50. The molecule has 0 atom stereocenters. The molecule has 0 N–H and O–H groups in total. The maximum absolute atomic E-state index is 13.5. The third kappa shape index (κ3) is 4.63. The minimum atomic E-state index is -3.76. The number of rotatable bonds is 5. The normalized spacial score (nSPS) is 23.7. The van der Waals surface area contributed by atoms with Crippen molar-refractivity contribution in [1.82, 2.24) is 9.34 Å². The van der Waals surface area contributed by atoms with Crippen LogP contribution >= 0.6 is 7.36 Å². The first-order valence-electron chi connectivity index (χ1n) is 10.7.